The van der Waals surface area contributed by atoms with Gasteiger partial charge in [-0.2, -0.15) is 9.78 Å². The Morgan fingerprint density at radius 3 is 2.66 bits per heavy atom. The Labute approximate surface area is 238 Å². The van der Waals surface area contributed by atoms with Gasteiger partial charge in [-0.25, -0.2) is 4.98 Å². The van der Waals surface area contributed by atoms with Crippen molar-refractivity contribution in [3.63, 3.8) is 0 Å². The zero-order valence-corrected chi connectivity index (χ0v) is 22.4. The zero-order chi connectivity index (χ0) is 28.5. The van der Waals surface area contributed by atoms with E-state index in [9.17, 15) is 14.9 Å². The number of fused-ring (bicyclic) bond motifs is 2. The maximum Gasteiger partial charge on any atom is 0.311 e. The first kappa shape index (κ1) is 26.0. The number of rotatable bonds is 7. The second-order valence-corrected chi connectivity index (χ2v) is 9.80. The summed E-state index contributed by atoms with van der Waals surface area (Å²) < 4.78 is 12.9. The average Bonchev–Trinajstić information content (AvgIpc) is 3.39. The summed E-state index contributed by atoms with van der Waals surface area (Å²) in [4.78, 5) is 29.5. The largest absolute Gasteiger partial charge is 0.482 e. The summed E-state index contributed by atoms with van der Waals surface area (Å²) in [5.74, 6) is 0.608. The lowest BCUT2D eigenvalue weighted by Gasteiger charge is -2.09. The van der Waals surface area contributed by atoms with Crippen molar-refractivity contribution in [3.8, 4) is 17.3 Å². The lowest BCUT2D eigenvalue weighted by Crippen LogP contribution is -2.20. The van der Waals surface area contributed by atoms with Crippen molar-refractivity contribution in [3.05, 3.63) is 133 Å². The van der Waals surface area contributed by atoms with E-state index in [-0.39, 0.29) is 23.9 Å². The van der Waals surface area contributed by atoms with E-state index in [1.54, 1.807) is 54.6 Å². The topological polar surface area (TPSA) is 113 Å². The van der Waals surface area contributed by atoms with Crippen LogP contribution in [0.3, 0.4) is 0 Å². The Bertz CT molecular complexity index is 2030. The number of furan rings is 1. The van der Waals surface area contributed by atoms with Crippen LogP contribution in [0.5, 0.6) is 5.75 Å². The molecule has 0 saturated carbocycles. The number of aromatic nitrogens is 2. The van der Waals surface area contributed by atoms with Gasteiger partial charge >= 0.3 is 5.69 Å². The molecule has 2 aromatic heterocycles. The Kier molecular flexibility index (Phi) is 6.78. The van der Waals surface area contributed by atoms with E-state index >= 15 is 0 Å². The Hall–Kier alpha value is -5.28. The molecule has 0 aliphatic heterocycles. The SMILES string of the molecule is Cc1ccc(COc2ccc(C=Nn3c(-c4cc5cc(Cl)ccc5o4)nc4ccccc4c3=O)cc2[N+](=O)[O-])cc1. The van der Waals surface area contributed by atoms with Gasteiger partial charge in [-0.15, -0.1) is 0 Å². The number of nitro benzene ring substituents is 1. The fraction of sp³-hybridized carbons (Fsp3) is 0.0645. The van der Waals surface area contributed by atoms with Gasteiger partial charge in [-0.05, 0) is 61.0 Å². The Balaban J connectivity index is 1.38. The van der Waals surface area contributed by atoms with E-state index in [4.69, 9.17) is 20.8 Å². The first-order valence-corrected chi connectivity index (χ1v) is 13.0. The number of nitro groups is 1. The van der Waals surface area contributed by atoms with Crippen molar-refractivity contribution in [1.82, 2.24) is 9.66 Å². The normalized spacial score (nSPS) is 11.5. The molecule has 0 N–H and O–H groups in total. The molecule has 0 aliphatic rings. The molecule has 6 rings (SSSR count). The maximum absolute atomic E-state index is 13.5. The summed E-state index contributed by atoms with van der Waals surface area (Å²) in [6.07, 6.45) is 1.36. The van der Waals surface area contributed by atoms with Gasteiger partial charge in [0.25, 0.3) is 5.56 Å². The summed E-state index contributed by atoms with van der Waals surface area (Å²) >= 11 is 6.14. The second kappa shape index (κ2) is 10.7. The molecule has 2 heterocycles. The zero-order valence-electron chi connectivity index (χ0n) is 21.7. The molecular formula is C31H21ClN4O5. The minimum Gasteiger partial charge on any atom is -0.482 e. The number of aryl methyl sites for hydroxylation is 1. The molecule has 0 unspecified atom stereocenters. The van der Waals surface area contributed by atoms with Crippen LogP contribution in [0.2, 0.25) is 5.02 Å². The van der Waals surface area contributed by atoms with Crippen LogP contribution >= 0.6 is 11.6 Å². The minimum atomic E-state index is -0.517. The predicted octanol–water partition coefficient (Wildman–Crippen LogP) is 7.14. The molecule has 0 radical (unpaired) electrons. The third-order valence-electron chi connectivity index (χ3n) is 6.47. The van der Waals surface area contributed by atoms with Gasteiger partial charge in [0.05, 0.1) is 22.0 Å². The van der Waals surface area contributed by atoms with Crippen molar-refractivity contribution in [2.24, 2.45) is 5.10 Å². The van der Waals surface area contributed by atoms with Crippen LogP contribution in [-0.4, -0.2) is 20.8 Å². The van der Waals surface area contributed by atoms with Crippen molar-refractivity contribution in [1.29, 1.82) is 0 Å². The molecule has 0 bridgehead atoms. The quantitative estimate of drug-likeness (QED) is 0.116. The molecule has 0 amide bonds. The van der Waals surface area contributed by atoms with Crippen LogP contribution in [0.25, 0.3) is 33.5 Å². The van der Waals surface area contributed by atoms with Crippen LogP contribution in [0.4, 0.5) is 5.69 Å². The van der Waals surface area contributed by atoms with E-state index < -0.39 is 10.5 Å². The molecule has 10 heteroatoms. The molecule has 0 saturated heterocycles. The first-order chi connectivity index (χ1) is 19.9. The van der Waals surface area contributed by atoms with Crippen molar-refractivity contribution < 1.29 is 14.1 Å². The van der Waals surface area contributed by atoms with Gasteiger partial charge in [0.15, 0.2) is 11.5 Å². The predicted molar refractivity (Wildman–Crippen MR) is 158 cm³/mol. The third kappa shape index (κ3) is 5.30. The van der Waals surface area contributed by atoms with Crippen LogP contribution < -0.4 is 10.3 Å². The molecule has 6 aromatic rings. The van der Waals surface area contributed by atoms with Gasteiger partial charge in [0.2, 0.25) is 5.82 Å². The lowest BCUT2D eigenvalue weighted by atomic mass is 10.1. The molecule has 0 aliphatic carbocycles. The van der Waals surface area contributed by atoms with Gasteiger partial charge in [-0.3, -0.25) is 14.9 Å². The molecule has 202 valence electrons. The third-order valence-corrected chi connectivity index (χ3v) is 6.70. The molecule has 4 aromatic carbocycles. The highest BCUT2D eigenvalue weighted by Crippen LogP contribution is 2.30. The number of para-hydroxylation sites is 1. The smallest absolute Gasteiger partial charge is 0.311 e. The van der Waals surface area contributed by atoms with Crippen LogP contribution in [-0.2, 0) is 6.61 Å². The molecule has 0 atom stereocenters. The fourth-order valence-electron chi connectivity index (χ4n) is 4.36. The maximum atomic E-state index is 13.5. The van der Waals surface area contributed by atoms with E-state index in [1.807, 2.05) is 31.2 Å². The van der Waals surface area contributed by atoms with E-state index in [0.717, 1.165) is 21.2 Å². The second-order valence-electron chi connectivity index (χ2n) is 9.37. The fourth-order valence-corrected chi connectivity index (χ4v) is 4.54. The van der Waals surface area contributed by atoms with Crippen molar-refractivity contribution >= 4 is 45.4 Å². The molecule has 41 heavy (non-hydrogen) atoms. The highest BCUT2D eigenvalue weighted by Gasteiger charge is 2.18. The van der Waals surface area contributed by atoms with Gasteiger partial charge in [-0.1, -0.05) is 53.6 Å². The summed E-state index contributed by atoms with van der Waals surface area (Å²) in [6, 6.07) is 26.0. The van der Waals surface area contributed by atoms with Crippen LogP contribution in [0.15, 0.2) is 105 Å². The van der Waals surface area contributed by atoms with E-state index in [1.165, 1.54) is 18.3 Å². The van der Waals surface area contributed by atoms with Gasteiger partial charge in [0.1, 0.15) is 12.2 Å². The van der Waals surface area contributed by atoms with Crippen LogP contribution in [0, 0.1) is 17.0 Å². The highest BCUT2D eigenvalue weighted by molar-refractivity contribution is 6.31. The van der Waals surface area contributed by atoms with Crippen LogP contribution in [0.1, 0.15) is 16.7 Å². The monoisotopic (exact) mass is 564 g/mol. The Morgan fingerprint density at radius 2 is 1.85 bits per heavy atom. The van der Waals surface area contributed by atoms with Crippen molar-refractivity contribution in [2.75, 3.05) is 0 Å². The molecular weight excluding hydrogens is 544 g/mol. The Morgan fingerprint density at radius 1 is 1.05 bits per heavy atom. The summed E-state index contributed by atoms with van der Waals surface area (Å²) in [7, 11) is 0. The number of hydrogen-bond donors (Lipinski definition) is 0. The average molecular weight is 565 g/mol. The standard InChI is InChI=1S/C31H21ClN4O5/c1-19-6-8-20(9-7-19)18-40-28-12-10-21(14-26(28)36(38)39)17-33-35-30(34-25-5-3-2-4-24(25)31(35)37)29-16-22-15-23(32)11-13-27(22)41-29/h2-17H,18H2,1H3. The molecule has 0 spiro atoms. The highest BCUT2D eigenvalue weighted by atomic mass is 35.5. The first-order valence-electron chi connectivity index (χ1n) is 12.6. The van der Waals surface area contributed by atoms with Crippen molar-refractivity contribution in [2.45, 2.75) is 13.5 Å². The lowest BCUT2D eigenvalue weighted by molar-refractivity contribution is -0.385. The minimum absolute atomic E-state index is 0.124. The van der Waals surface area contributed by atoms with E-state index in [0.29, 0.717) is 32.8 Å². The number of ether oxygens (including phenoxy) is 1. The summed E-state index contributed by atoms with van der Waals surface area (Å²) in [5.41, 5.74) is 2.78. The number of halogens is 1. The number of benzene rings is 4. The summed E-state index contributed by atoms with van der Waals surface area (Å²) in [6.45, 7) is 2.16. The number of hydrogen-bond acceptors (Lipinski definition) is 7. The summed E-state index contributed by atoms with van der Waals surface area (Å²) in [5, 5.41) is 17.9. The number of nitrogens with zero attached hydrogens (tertiary/aromatic N) is 4. The molecule has 9 nitrogen and oxygen atoms in total. The van der Waals surface area contributed by atoms with Gasteiger partial charge in [0, 0.05) is 22.0 Å². The van der Waals surface area contributed by atoms with E-state index in [2.05, 4.69) is 10.1 Å². The molecule has 0 fully saturated rings. The van der Waals surface area contributed by atoms with Gasteiger partial charge < -0.3 is 9.15 Å².